The maximum Gasteiger partial charge on any atom is 0.317 e. The van der Waals surface area contributed by atoms with Crippen LogP contribution in [0.4, 0.5) is 4.79 Å². The number of rotatable bonds is 4. The Morgan fingerprint density at radius 1 is 1.10 bits per heavy atom. The second kappa shape index (κ2) is 9.14. The van der Waals surface area contributed by atoms with E-state index in [1.165, 1.54) is 32.1 Å². The first-order valence-electron chi connectivity index (χ1n) is 11.3. The van der Waals surface area contributed by atoms with E-state index in [1.807, 2.05) is 21.9 Å². The summed E-state index contributed by atoms with van der Waals surface area (Å²) in [5, 5.41) is 3.18. The Morgan fingerprint density at radius 3 is 2.55 bits per heavy atom. The van der Waals surface area contributed by atoms with Crippen molar-refractivity contribution >= 4 is 11.9 Å². The summed E-state index contributed by atoms with van der Waals surface area (Å²) in [5.41, 5.74) is 1.30. The number of amides is 3. The van der Waals surface area contributed by atoms with E-state index < -0.39 is 0 Å². The number of pyridine rings is 1. The van der Waals surface area contributed by atoms with Crippen molar-refractivity contribution in [1.29, 1.82) is 0 Å². The maximum atomic E-state index is 12.6. The van der Waals surface area contributed by atoms with Crippen molar-refractivity contribution in [2.75, 3.05) is 26.2 Å². The van der Waals surface area contributed by atoms with Crippen LogP contribution in [0.5, 0.6) is 0 Å². The van der Waals surface area contributed by atoms with Crippen LogP contribution in [0.2, 0.25) is 0 Å². The molecule has 3 fully saturated rings. The van der Waals surface area contributed by atoms with Gasteiger partial charge in [-0.25, -0.2) is 4.79 Å². The molecule has 1 aromatic rings. The Hall–Kier alpha value is -2.11. The lowest BCUT2D eigenvalue weighted by molar-refractivity contribution is -0.139. The highest BCUT2D eigenvalue weighted by atomic mass is 16.2. The summed E-state index contributed by atoms with van der Waals surface area (Å²) in [6, 6.07) is 4.06. The lowest BCUT2D eigenvalue weighted by atomic mass is 9.72. The molecule has 0 bridgehead atoms. The highest BCUT2D eigenvalue weighted by molar-refractivity contribution is 5.77. The van der Waals surface area contributed by atoms with Gasteiger partial charge in [-0.2, -0.15) is 0 Å². The van der Waals surface area contributed by atoms with Crippen LogP contribution in [0.25, 0.3) is 0 Å². The van der Waals surface area contributed by atoms with E-state index in [0.29, 0.717) is 18.9 Å². The van der Waals surface area contributed by atoms with Crippen LogP contribution in [-0.2, 0) is 11.3 Å². The van der Waals surface area contributed by atoms with Gasteiger partial charge in [-0.1, -0.05) is 19.3 Å². The number of likely N-dealkylation sites (tertiary alicyclic amines) is 2. The summed E-state index contributed by atoms with van der Waals surface area (Å²) in [5.74, 6) is 0.912. The van der Waals surface area contributed by atoms with Gasteiger partial charge in [-0.05, 0) is 61.1 Å². The molecule has 0 unspecified atom stereocenters. The zero-order valence-corrected chi connectivity index (χ0v) is 17.4. The standard InChI is InChI=1S/C23H34N4O2/c28-21-6-9-23(18-27(21)17-20-7-12-24-13-8-20)10-14-26(15-11-23)22(29)25-16-19-4-2-1-3-5-19/h7-8,12-13,19H,1-6,9-11,14-18H2,(H,25,29). The van der Waals surface area contributed by atoms with Crippen LogP contribution in [0.15, 0.2) is 24.5 Å². The molecule has 1 aromatic heterocycles. The van der Waals surface area contributed by atoms with Crippen LogP contribution in [-0.4, -0.2) is 52.9 Å². The van der Waals surface area contributed by atoms with E-state index in [9.17, 15) is 9.59 Å². The molecule has 2 aliphatic heterocycles. The Bertz CT molecular complexity index is 694. The molecule has 0 atom stereocenters. The van der Waals surface area contributed by atoms with E-state index in [4.69, 9.17) is 0 Å². The van der Waals surface area contributed by atoms with E-state index in [-0.39, 0.29) is 17.4 Å². The van der Waals surface area contributed by atoms with Gasteiger partial charge in [0.2, 0.25) is 5.91 Å². The van der Waals surface area contributed by atoms with Gasteiger partial charge < -0.3 is 15.1 Å². The SMILES string of the molecule is O=C1CCC2(CCN(C(=O)NCC3CCCCC3)CC2)CN1Cc1ccncc1. The molecule has 0 radical (unpaired) electrons. The van der Waals surface area contributed by atoms with Crippen LogP contribution < -0.4 is 5.32 Å². The third kappa shape index (κ3) is 5.09. The number of hydrogen-bond acceptors (Lipinski definition) is 3. The van der Waals surface area contributed by atoms with Crippen molar-refractivity contribution < 1.29 is 9.59 Å². The zero-order valence-electron chi connectivity index (χ0n) is 17.4. The van der Waals surface area contributed by atoms with Gasteiger partial charge in [0.1, 0.15) is 0 Å². The van der Waals surface area contributed by atoms with Gasteiger partial charge in [0.05, 0.1) is 0 Å². The van der Waals surface area contributed by atoms with Crippen molar-refractivity contribution in [2.24, 2.45) is 11.3 Å². The fourth-order valence-corrected chi connectivity index (χ4v) is 5.28. The molecular formula is C23H34N4O2. The third-order valence-corrected chi connectivity index (χ3v) is 7.25. The van der Waals surface area contributed by atoms with Crippen molar-refractivity contribution in [3.05, 3.63) is 30.1 Å². The average Bonchev–Trinajstić information content (AvgIpc) is 2.77. The summed E-state index contributed by atoms with van der Waals surface area (Å²) in [6.07, 6.45) is 13.6. The summed E-state index contributed by atoms with van der Waals surface area (Å²) in [6.45, 7) is 3.90. The molecule has 0 aromatic carbocycles. The lowest BCUT2D eigenvalue weighted by Gasteiger charge is -2.47. The van der Waals surface area contributed by atoms with Gasteiger partial charge in [-0.3, -0.25) is 9.78 Å². The fraction of sp³-hybridized carbons (Fsp3) is 0.696. The fourth-order valence-electron chi connectivity index (χ4n) is 5.28. The van der Waals surface area contributed by atoms with E-state index in [2.05, 4.69) is 10.3 Å². The van der Waals surface area contributed by atoms with Gasteiger partial charge >= 0.3 is 6.03 Å². The van der Waals surface area contributed by atoms with Crippen LogP contribution in [0.1, 0.15) is 63.4 Å². The average molecular weight is 399 g/mol. The normalized spacial score (nSPS) is 22.7. The Labute approximate surface area is 174 Å². The number of carbonyl (C=O) groups excluding carboxylic acids is 2. The Balaban J connectivity index is 1.27. The monoisotopic (exact) mass is 398 g/mol. The third-order valence-electron chi connectivity index (χ3n) is 7.25. The molecule has 1 N–H and O–H groups in total. The van der Waals surface area contributed by atoms with E-state index in [0.717, 1.165) is 51.0 Å². The number of carbonyl (C=O) groups is 2. The van der Waals surface area contributed by atoms with Crippen molar-refractivity contribution in [2.45, 2.75) is 64.3 Å². The zero-order chi connectivity index (χ0) is 20.1. The maximum absolute atomic E-state index is 12.6. The molecule has 1 aliphatic carbocycles. The summed E-state index contributed by atoms with van der Waals surface area (Å²) in [7, 11) is 0. The highest BCUT2D eigenvalue weighted by Gasteiger charge is 2.41. The topological polar surface area (TPSA) is 65.5 Å². The number of aromatic nitrogens is 1. The van der Waals surface area contributed by atoms with Gasteiger partial charge in [-0.15, -0.1) is 0 Å². The van der Waals surface area contributed by atoms with Crippen molar-refractivity contribution in [3.63, 3.8) is 0 Å². The predicted octanol–water partition coefficient (Wildman–Crippen LogP) is 3.58. The molecule has 6 nitrogen and oxygen atoms in total. The molecule has 1 saturated carbocycles. The summed E-state index contributed by atoms with van der Waals surface area (Å²) < 4.78 is 0. The molecule has 6 heteroatoms. The predicted molar refractivity (Wildman–Crippen MR) is 112 cm³/mol. The van der Waals surface area contributed by atoms with Gasteiger partial charge in [0.15, 0.2) is 0 Å². The molecule has 3 amide bonds. The minimum absolute atomic E-state index is 0.103. The van der Waals surface area contributed by atoms with Crippen molar-refractivity contribution in [1.82, 2.24) is 20.1 Å². The largest absolute Gasteiger partial charge is 0.338 e. The Kier molecular flexibility index (Phi) is 6.36. The Morgan fingerprint density at radius 2 is 1.83 bits per heavy atom. The molecule has 29 heavy (non-hydrogen) atoms. The molecule has 158 valence electrons. The number of urea groups is 1. The smallest absolute Gasteiger partial charge is 0.317 e. The van der Waals surface area contributed by atoms with E-state index in [1.54, 1.807) is 12.4 Å². The summed E-state index contributed by atoms with van der Waals surface area (Å²) >= 11 is 0. The first-order valence-corrected chi connectivity index (χ1v) is 11.3. The lowest BCUT2D eigenvalue weighted by Crippen LogP contribution is -2.53. The molecule has 4 rings (SSSR count). The minimum Gasteiger partial charge on any atom is -0.338 e. The van der Waals surface area contributed by atoms with Gasteiger partial charge in [0, 0.05) is 51.5 Å². The quantitative estimate of drug-likeness (QED) is 0.843. The molecular weight excluding hydrogens is 364 g/mol. The molecule has 2 saturated heterocycles. The minimum atomic E-state index is 0.103. The number of nitrogens with one attached hydrogen (secondary N) is 1. The van der Waals surface area contributed by atoms with Crippen LogP contribution >= 0.6 is 0 Å². The second-order valence-electron chi connectivity index (χ2n) is 9.28. The number of hydrogen-bond donors (Lipinski definition) is 1. The van der Waals surface area contributed by atoms with E-state index >= 15 is 0 Å². The van der Waals surface area contributed by atoms with Crippen molar-refractivity contribution in [3.8, 4) is 0 Å². The molecule has 1 spiro atoms. The number of piperidine rings is 2. The molecule has 3 heterocycles. The first kappa shape index (κ1) is 20.2. The highest BCUT2D eigenvalue weighted by Crippen LogP contribution is 2.40. The number of nitrogens with zero attached hydrogens (tertiary/aromatic N) is 3. The molecule has 3 aliphatic rings. The van der Waals surface area contributed by atoms with Crippen LogP contribution in [0.3, 0.4) is 0 Å². The summed E-state index contributed by atoms with van der Waals surface area (Å²) in [4.78, 5) is 33.1. The second-order valence-corrected chi connectivity index (χ2v) is 9.28. The first-order chi connectivity index (χ1) is 14.1. The van der Waals surface area contributed by atoms with Gasteiger partial charge in [0.25, 0.3) is 0 Å². The van der Waals surface area contributed by atoms with Crippen LogP contribution in [0, 0.1) is 11.3 Å².